The van der Waals surface area contributed by atoms with Crippen LogP contribution in [0.1, 0.15) is 24.2 Å². The van der Waals surface area contributed by atoms with E-state index in [2.05, 4.69) is 15.9 Å². The van der Waals surface area contributed by atoms with Gasteiger partial charge in [-0.05, 0) is 32.0 Å². The van der Waals surface area contributed by atoms with Gasteiger partial charge in [0.05, 0.1) is 5.56 Å². The zero-order valence-corrected chi connectivity index (χ0v) is 12.1. The van der Waals surface area contributed by atoms with Crippen LogP contribution in [-0.4, -0.2) is 36.8 Å². The van der Waals surface area contributed by atoms with Gasteiger partial charge in [0.25, 0.3) is 5.91 Å². The average molecular weight is 314 g/mol. The van der Waals surface area contributed by atoms with Gasteiger partial charge in [-0.1, -0.05) is 15.9 Å². The lowest BCUT2D eigenvalue weighted by Gasteiger charge is -2.19. The quantitative estimate of drug-likeness (QED) is 0.758. The molecule has 0 fully saturated rings. The molecular weight excluding hydrogens is 298 g/mol. The van der Waals surface area contributed by atoms with E-state index in [0.717, 1.165) is 4.47 Å². The lowest BCUT2D eigenvalue weighted by atomic mass is 10.2. The van der Waals surface area contributed by atoms with E-state index < -0.39 is 0 Å². The molecule has 5 heteroatoms. The van der Waals surface area contributed by atoms with Crippen molar-refractivity contribution in [1.82, 2.24) is 4.90 Å². The number of carbonyl (C=O) groups excluding carboxylic acids is 2. The minimum Gasteiger partial charge on any atom is -0.483 e. The molecule has 0 saturated carbocycles. The van der Waals surface area contributed by atoms with E-state index in [-0.39, 0.29) is 12.5 Å². The molecule has 0 atom stereocenters. The van der Waals surface area contributed by atoms with Crippen LogP contribution in [0.5, 0.6) is 5.75 Å². The van der Waals surface area contributed by atoms with Gasteiger partial charge in [-0.3, -0.25) is 9.59 Å². The normalized spacial score (nSPS) is 9.94. The second kappa shape index (κ2) is 7.16. The number of likely N-dealkylation sites (N-methyl/N-ethyl adjacent to an activating group) is 1. The van der Waals surface area contributed by atoms with Crippen molar-refractivity contribution in [3.63, 3.8) is 0 Å². The fourth-order valence-corrected chi connectivity index (χ4v) is 1.93. The summed E-state index contributed by atoms with van der Waals surface area (Å²) in [5.74, 6) is 0.341. The molecule has 0 aliphatic heterocycles. The number of carbonyl (C=O) groups is 2. The number of ether oxygens (including phenoxy) is 1. The van der Waals surface area contributed by atoms with Gasteiger partial charge in [0, 0.05) is 17.6 Å². The van der Waals surface area contributed by atoms with Crippen molar-refractivity contribution in [1.29, 1.82) is 0 Å². The highest BCUT2D eigenvalue weighted by Gasteiger charge is 2.11. The summed E-state index contributed by atoms with van der Waals surface area (Å²) in [5.41, 5.74) is 0.428. The van der Waals surface area contributed by atoms with Gasteiger partial charge >= 0.3 is 0 Å². The van der Waals surface area contributed by atoms with Crippen LogP contribution in [0.3, 0.4) is 0 Å². The first kappa shape index (κ1) is 14.7. The average Bonchev–Trinajstić information content (AvgIpc) is 2.38. The smallest absolute Gasteiger partial charge is 0.260 e. The number of nitrogens with zero attached hydrogens (tertiary/aromatic N) is 1. The molecule has 0 bridgehead atoms. The molecule has 0 unspecified atom stereocenters. The predicted octanol–water partition coefficient (Wildman–Crippen LogP) is 2.51. The molecule has 0 spiro atoms. The fourth-order valence-electron chi connectivity index (χ4n) is 1.55. The lowest BCUT2D eigenvalue weighted by Crippen LogP contribution is -2.34. The molecule has 1 aromatic carbocycles. The summed E-state index contributed by atoms with van der Waals surface area (Å²) in [7, 11) is 0. The number of hydrogen-bond donors (Lipinski definition) is 0. The van der Waals surface area contributed by atoms with Gasteiger partial charge in [0.15, 0.2) is 12.9 Å². The Morgan fingerprint density at radius 3 is 2.61 bits per heavy atom. The van der Waals surface area contributed by atoms with E-state index in [1.165, 1.54) is 0 Å². The van der Waals surface area contributed by atoms with Crippen molar-refractivity contribution in [3.05, 3.63) is 28.2 Å². The van der Waals surface area contributed by atoms with Crippen LogP contribution in [0.4, 0.5) is 0 Å². The van der Waals surface area contributed by atoms with Crippen molar-refractivity contribution in [2.24, 2.45) is 0 Å². The van der Waals surface area contributed by atoms with Crippen molar-refractivity contribution >= 4 is 28.1 Å². The summed E-state index contributed by atoms with van der Waals surface area (Å²) in [4.78, 5) is 24.3. The highest BCUT2D eigenvalue weighted by Crippen LogP contribution is 2.21. The molecule has 0 saturated heterocycles. The Morgan fingerprint density at radius 1 is 1.39 bits per heavy atom. The van der Waals surface area contributed by atoms with Crippen molar-refractivity contribution in [3.8, 4) is 5.75 Å². The van der Waals surface area contributed by atoms with Crippen LogP contribution in [0, 0.1) is 0 Å². The number of benzene rings is 1. The summed E-state index contributed by atoms with van der Waals surface area (Å²) in [6.45, 7) is 5.08. The van der Waals surface area contributed by atoms with Crippen LogP contribution in [0.2, 0.25) is 0 Å². The summed E-state index contributed by atoms with van der Waals surface area (Å²) in [6.07, 6.45) is 0.710. The lowest BCUT2D eigenvalue weighted by molar-refractivity contribution is -0.132. The predicted molar refractivity (Wildman–Crippen MR) is 73.0 cm³/mol. The molecule has 18 heavy (non-hydrogen) atoms. The Kier molecular flexibility index (Phi) is 5.85. The van der Waals surface area contributed by atoms with E-state index in [4.69, 9.17) is 4.74 Å². The highest BCUT2D eigenvalue weighted by molar-refractivity contribution is 9.10. The van der Waals surface area contributed by atoms with Crippen LogP contribution < -0.4 is 4.74 Å². The molecule has 4 nitrogen and oxygen atoms in total. The van der Waals surface area contributed by atoms with Gasteiger partial charge in [-0.25, -0.2) is 0 Å². The third kappa shape index (κ3) is 3.84. The Balaban J connectivity index is 2.69. The fraction of sp³-hybridized carbons (Fsp3) is 0.385. The van der Waals surface area contributed by atoms with E-state index >= 15 is 0 Å². The summed E-state index contributed by atoms with van der Waals surface area (Å²) in [5, 5.41) is 0. The van der Waals surface area contributed by atoms with E-state index in [1.54, 1.807) is 23.1 Å². The standard InChI is InChI=1S/C13H16BrNO3/c1-3-15(4-2)13(17)9-18-12-6-5-11(14)7-10(12)8-16/h5-8H,3-4,9H2,1-2H3. The topological polar surface area (TPSA) is 46.6 Å². The molecule has 1 rings (SSSR count). The summed E-state index contributed by atoms with van der Waals surface area (Å²) >= 11 is 3.27. The van der Waals surface area contributed by atoms with Gasteiger partial charge in [-0.2, -0.15) is 0 Å². The SMILES string of the molecule is CCN(CC)C(=O)COc1ccc(Br)cc1C=O. The minimum atomic E-state index is -0.0835. The Labute approximate surface area is 115 Å². The number of aldehydes is 1. The third-order valence-corrected chi connectivity index (χ3v) is 3.06. The van der Waals surface area contributed by atoms with Gasteiger partial charge < -0.3 is 9.64 Å². The maximum absolute atomic E-state index is 11.7. The van der Waals surface area contributed by atoms with E-state index in [1.807, 2.05) is 13.8 Å². The molecule has 1 amide bonds. The van der Waals surface area contributed by atoms with E-state index in [0.29, 0.717) is 30.7 Å². The Morgan fingerprint density at radius 2 is 2.06 bits per heavy atom. The first-order valence-corrected chi connectivity index (χ1v) is 6.57. The maximum Gasteiger partial charge on any atom is 0.260 e. The Bertz CT molecular complexity index is 430. The maximum atomic E-state index is 11.7. The molecule has 0 N–H and O–H groups in total. The molecule has 1 aromatic rings. The van der Waals surface area contributed by atoms with Gasteiger partial charge in [0.2, 0.25) is 0 Å². The molecule has 0 heterocycles. The Hall–Kier alpha value is -1.36. The molecule has 0 aliphatic rings. The number of halogens is 1. The molecular formula is C13H16BrNO3. The minimum absolute atomic E-state index is 0.0514. The van der Waals surface area contributed by atoms with Crippen molar-refractivity contribution < 1.29 is 14.3 Å². The van der Waals surface area contributed by atoms with Crippen LogP contribution in [0.15, 0.2) is 22.7 Å². The molecule has 0 radical (unpaired) electrons. The first-order chi connectivity index (χ1) is 8.62. The van der Waals surface area contributed by atoms with Crippen molar-refractivity contribution in [2.75, 3.05) is 19.7 Å². The first-order valence-electron chi connectivity index (χ1n) is 5.77. The van der Waals surface area contributed by atoms with Crippen LogP contribution >= 0.6 is 15.9 Å². The third-order valence-electron chi connectivity index (χ3n) is 2.57. The zero-order chi connectivity index (χ0) is 13.5. The second-order valence-corrected chi connectivity index (χ2v) is 4.57. The van der Waals surface area contributed by atoms with Crippen LogP contribution in [-0.2, 0) is 4.79 Å². The largest absolute Gasteiger partial charge is 0.483 e. The van der Waals surface area contributed by atoms with E-state index in [9.17, 15) is 9.59 Å². The number of rotatable bonds is 6. The zero-order valence-electron chi connectivity index (χ0n) is 10.5. The molecule has 0 aliphatic carbocycles. The monoisotopic (exact) mass is 313 g/mol. The second-order valence-electron chi connectivity index (χ2n) is 3.65. The summed E-state index contributed by atoms with van der Waals surface area (Å²) < 4.78 is 6.18. The molecule has 0 aromatic heterocycles. The van der Waals surface area contributed by atoms with Gasteiger partial charge in [-0.15, -0.1) is 0 Å². The van der Waals surface area contributed by atoms with Crippen LogP contribution in [0.25, 0.3) is 0 Å². The number of hydrogen-bond acceptors (Lipinski definition) is 3. The van der Waals surface area contributed by atoms with Gasteiger partial charge in [0.1, 0.15) is 5.75 Å². The highest BCUT2D eigenvalue weighted by atomic mass is 79.9. The van der Waals surface area contributed by atoms with Crippen molar-refractivity contribution in [2.45, 2.75) is 13.8 Å². The number of amides is 1. The molecule has 98 valence electrons. The summed E-state index contributed by atoms with van der Waals surface area (Å²) in [6, 6.07) is 5.10.